The zero-order chi connectivity index (χ0) is 14.0. The molecular weight excluding hydrogens is 328 g/mol. The molecule has 0 atom stereocenters. The first-order valence-corrected chi connectivity index (χ1v) is 7.80. The van der Waals surface area contributed by atoms with Crippen LogP contribution in [0.1, 0.15) is 5.56 Å². The highest BCUT2D eigenvalue weighted by molar-refractivity contribution is 9.10. The van der Waals surface area contributed by atoms with Gasteiger partial charge in [-0.2, -0.15) is 0 Å². The summed E-state index contributed by atoms with van der Waals surface area (Å²) in [6.45, 7) is 1.86. The minimum absolute atomic E-state index is 0.0843. The topological polar surface area (TPSA) is 72.2 Å². The molecule has 0 heterocycles. The van der Waals surface area contributed by atoms with Gasteiger partial charge in [0.15, 0.2) is 0 Å². The minimum Gasteiger partial charge on any atom is -0.398 e. The van der Waals surface area contributed by atoms with Gasteiger partial charge in [-0.15, -0.1) is 0 Å². The van der Waals surface area contributed by atoms with Crippen molar-refractivity contribution in [2.45, 2.75) is 11.8 Å². The molecule has 0 saturated carbocycles. The Labute approximate surface area is 120 Å². The van der Waals surface area contributed by atoms with E-state index in [4.69, 9.17) is 5.73 Å². The molecule has 2 rings (SSSR count). The molecule has 0 aromatic heterocycles. The molecule has 19 heavy (non-hydrogen) atoms. The lowest BCUT2D eigenvalue weighted by Crippen LogP contribution is -2.14. The highest BCUT2D eigenvalue weighted by Gasteiger charge is 2.17. The Morgan fingerprint density at radius 3 is 2.32 bits per heavy atom. The maximum Gasteiger partial charge on any atom is 0.263 e. The molecule has 0 aliphatic rings. The third-order valence-corrected chi connectivity index (χ3v) is 4.54. The smallest absolute Gasteiger partial charge is 0.263 e. The third kappa shape index (κ3) is 3.27. The van der Waals surface area contributed by atoms with Gasteiger partial charge in [0, 0.05) is 10.2 Å². The van der Waals surface area contributed by atoms with Gasteiger partial charge < -0.3 is 5.73 Å². The highest BCUT2D eigenvalue weighted by atomic mass is 79.9. The molecule has 2 aromatic rings. The van der Waals surface area contributed by atoms with Gasteiger partial charge in [0.1, 0.15) is 4.90 Å². The molecule has 6 heteroatoms. The largest absolute Gasteiger partial charge is 0.398 e. The van der Waals surface area contributed by atoms with E-state index in [9.17, 15) is 8.42 Å². The molecule has 0 spiro atoms. The number of nitrogen functional groups attached to an aromatic ring is 1. The Bertz CT molecular complexity index is 697. The Morgan fingerprint density at radius 1 is 1.11 bits per heavy atom. The van der Waals surface area contributed by atoms with E-state index in [1.54, 1.807) is 36.4 Å². The summed E-state index contributed by atoms with van der Waals surface area (Å²) in [7, 11) is -3.66. The first-order valence-electron chi connectivity index (χ1n) is 5.53. The lowest BCUT2D eigenvalue weighted by Gasteiger charge is -2.10. The molecule has 2 aromatic carbocycles. The second-order valence-corrected chi connectivity index (χ2v) is 6.72. The fourth-order valence-electron chi connectivity index (χ4n) is 1.64. The van der Waals surface area contributed by atoms with Crippen molar-refractivity contribution in [3.05, 3.63) is 52.5 Å². The van der Waals surface area contributed by atoms with Crippen LogP contribution < -0.4 is 10.5 Å². The highest BCUT2D eigenvalue weighted by Crippen LogP contribution is 2.23. The van der Waals surface area contributed by atoms with Crippen LogP contribution in [0.25, 0.3) is 0 Å². The van der Waals surface area contributed by atoms with Crippen molar-refractivity contribution in [1.29, 1.82) is 0 Å². The summed E-state index contributed by atoms with van der Waals surface area (Å²) in [5.74, 6) is 0. The number of rotatable bonds is 3. The number of hydrogen-bond donors (Lipinski definition) is 2. The standard InChI is InChI=1S/C13H13BrN2O2S/c1-9-2-7-13(12(15)8-9)19(17,18)16-11-5-3-10(14)4-6-11/h2-8,16H,15H2,1H3. The number of anilines is 2. The van der Waals surface area contributed by atoms with Crippen LogP contribution >= 0.6 is 15.9 Å². The van der Waals surface area contributed by atoms with Gasteiger partial charge in [0.2, 0.25) is 0 Å². The first-order chi connectivity index (χ1) is 8.88. The number of halogens is 1. The van der Waals surface area contributed by atoms with Gasteiger partial charge in [-0.25, -0.2) is 8.42 Å². The van der Waals surface area contributed by atoms with Crippen LogP contribution in [0.15, 0.2) is 51.8 Å². The molecule has 0 aliphatic heterocycles. The summed E-state index contributed by atoms with van der Waals surface area (Å²) >= 11 is 3.29. The van der Waals surface area contributed by atoms with Crippen molar-refractivity contribution in [2.24, 2.45) is 0 Å². The number of benzene rings is 2. The predicted molar refractivity (Wildman–Crippen MR) is 80.5 cm³/mol. The lowest BCUT2D eigenvalue weighted by atomic mass is 10.2. The molecule has 0 radical (unpaired) electrons. The number of nitrogens with one attached hydrogen (secondary N) is 1. The second kappa shape index (κ2) is 5.22. The van der Waals surface area contributed by atoms with Gasteiger partial charge in [0.05, 0.1) is 5.69 Å². The van der Waals surface area contributed by atoms with Gasteiger partial charge in [-0.05, 0) is 48.9 Å². The van der Waals surface area contributed by atoms with E-state index in [1.807, 2.05) is 6.92 Å². The Balaban J connectivity index is 2.35. The molecule has 0 fully saturated rings. The Morgan fingerprint density at radius 2 is 1.74 bits per heavy atom. The molecule has 4 nitrogen and oxygen atoms in total. The summed E-state index contributed by atoms with van der Waals surface area (Å²) in [6, 6.07) is 11.7. The average molecular weight is 341 g/mol. The van der Waals surface area contributed by atoms with Crippen LogP contribution in [0, 0.1) is 6.92 Å². The number of sulfonamides is 1. The van der Waals surface area contributed by atoms with Crippen molar-refractivity contribution in [3.63, 3.8) is 0 Å². The molecular formula is C13H13BrN2O2S. The van der Waals surface area contributed by atoms with Gasteiger partial charge in [0.25, 0.3) is 10.0 Å². The van der Waals surface area contributed by atoms with E-state index < -0.39 is 10.0 Å². The van der Waals surface area contributed by atoms with Crippen LogP contribution in [-0.2, 0) is 10.0 Å². The van der Waals surface area contributed by atoms with Crippen LogP contribution in [0.3, 0.4) is 0 Å². The zero-order valence-corrected chi connectivity index (χ0v) is 12.6. The SMILES string of the molecule is Cc1ccc(S(=O)(=O)Nc2ccc(Br)cc2)c(N)c1. The second-order valence-electron chi connectivity index (χ2n) is 4.15. The van der Waals surface area contributed by atoms with Gasteiger partial charge in [-0.3, -0.25) is 4.72 Å². The van der Waals surface area contributed by atoms with Gasteiger partial charge in [-0.1, -0.05) is 22.0 Å². The maximum absolute atomic E-state index is 12.2. The van der Waals surface area contributed by atoms with Crippen LogP contribution in [0.5, 0.6) is 0 Å². The summed E-state index contributed by atoms with van der Waals surface area (Å²) in [5.41, 5.74) is 7.40. The van der Waals surface area contributed by atoms with E-state index >= 15 is 0 Å². The molecule has 3 N–H and O–H groups in total. The molecule has 100 valence electrons. The fourth-order valence-corrected chi connectivity index (χ4v) is 3.08. The summed E-state index contributed by atoms with van der Waals surface area (Å²) < 4.78 is 27.8. The molecule has 0 amide bonds. The monoisotopic (exact) mass is 340 g/mol. The van der Waals surface area contributed by atoms with Crippen molar-refractivity contribution >= 4 is 37.3 Å². The maximum atomic E-state index is 12.2. The van der Waals surface area contributed by atoms with Crippen LogP contribution in [0.2, 0.25) is 0 Å². The average Bonchev–Trinajstić information content (AvgIpc) is 2.31. The quantitative estimate of drug-likeness (QED) is 0.843. The predicted octanol–water partition coefficient (Wildman–Crippen LogP) is 3.14. The molecule has 0 aliphatic carbocycles. The Kier molecular flexibility index (Phi) is 3.82. The van der Waals surface area contributed by atoms with Crippen molar-refractivity contribution < 1.29 is 8.42 Å². The number of hydrogen-bond acceptors (Lipinski definition) is 3. The normalized spacial score (nSPS) is 11.3. The summed E-state index contributed by atoms with van der Waals surface area (Å²) in [6.07, 6.45) is 0. The van der Waals surface area contributed by atoms with Gasteiger partial charge >= 0.3 is 0 Å². The first kappa shape index (κ1) is 13.9. The van der Waals surface area contributed by atoms with Crippen molar-refractivity contribution in [2.75, 3.05) is 10.5 Å². The van der Waals surface area contributed by atoms with E-state index in [-0.39, 0.29) is 10.6 Å². The van der Waals surface area contributed by atoms with E-state index in [0.717, 1.165) is 10.0 Å². The zero-order valence-electron chi connectivity index (χ0n) is 10.2. The van der Waals surface area contributed by atoms with Crippen LogP contribution in [-0.4, -0.2) is 8.42 Å². The Hall–Kier alpha value is -1.53. The lowest BCUT2D eigenvalue weighted by molar-refractivity contribution is 0.601. The minimum atomic E-state index is -3.66. The van der Waals surface area contributed by atoms with Crippen LogP contribution in [0.4, 0.5) is 11.4 Å². The van der Waals surface area contributed by atoms with Crippen molar-refractivity contribution in [3.8, 4) is 0 Å². The third-order valence-electron chi connectivity index (χ3n) is 2.55. The van der Waals surface area contributed by atoms with E-state index in [1.165, 1.54) is 6.07 Å². The number of nitrogens with two attached hydrogens (primary N) is 1. The fraction of sp³-hybridized carbons (Fsp3) is 0.0769. The molecule has 0 unspecified atom stereocenters. The number of aryl methyl sites for hydroxylation is 1. The van der Waals surface area contributed by atoms with E-state index in [2.05, 4.69) is 20.7 Å². The van der Waals surface area contributed by atoms with E-state index in [0.29, 0.717) is 5.69 Å². The van der Waals surface area contributed by atoms with Crippen molar-refractivity contribution in [1.82, 2.24) is 0 Å². The summed E-state index contributed by atoms with van der Waals surface area (Å²) in [4.78, 5) is 0.0843. The molecule has 0 saturated heterocycles. The molecule has 0 bridgehead atoms. The summed E-state index contributed by atoms with van der Waals surface area (Å²) in [5, 5.41) is 0.